The summed E-state index contributed by atoms with van der Waals surface area (Å²) < 4.78 is 5.46. The molecular weight excluding hydrogens is 494 g/mol. The van der Waals surface area contributed by atoms with Crippen LogP contribution in [0.3, 0.4) is 0 Å². The molecule has 2 aliphatic rings. The van der Waals surface area contributed by atoms with E-state index in [-0.39, 0.29) is 24.1 Å². The molecule has 204 valence electrons. The van der Waals surface area contributed by atoms with Crippen LogP contribution >= 0.6 is 0 Å². The molecule has 10 nitrogen and oxygen atoms in total. The molecule has 0 aliphatic carbocycles. The Morgan fingerprint density at radius 1 is 0.923 bits per heavy atom. The lowest BCUT2D eigenvalue weighted by atomic mass is 10.1. The molecule has 0 radical (unpaired) electrons. The number of carbonyl (C=O) groups is 2. The topological polar surface area (TPSA) is 123 Å². The molecule has 3 aromatic heterocycles. The highest BCUT2D eigenvalue weighted by Gasteiger charge is 2.33. The van der Waals surface area contributed by atoms with Gasteiger partial charge in [-0.2, -0.15) is 0 Å². The van der Waals surface area contributed by atoms with Crippen LogP contribution < -0.4 is 0 Å². The lowest BCUT2D eigenvalue weighted by Gasteiger charge is -2.22. The number of rotatable bonds is 7. The minimum absolute atomic E-state index is 0.00999. The summed E-state index contributed by atoms with van der Waals surface area (Å²) in [5, 5.41) is 1.09. The Morgan fingerprint density at radius 3 is 2.36 bits per heavy atom. The zero-order chi connectivity index (χ0) is 26.9. The van der Waals surface area contributed by atoms with Crippen molar-refractivity contribution < 1.29 is 14.3 Å². The fourth-order valence-corrected chi connectivity index (χ4v) is 5.82. The van der Waals surface area contributed by atoms with E-state index in [1.807, 2.05) is 17.3 Å². The molecule has 0 bridgehead atoms. The minimum Gasteiger partial charge on any atom is -0.449 e. The number of nitrogens with one attached hydrogen (secondary N) is 3. The third-order valence-corrected chi connectivity index (χ3v) is 7.91. The summed E-state index contributed by atoms with van der Waals surface area (Å²) in [5.74, 6) is 1.71. The summed E-state index contributed by atoms with van der Waals surface area (Å²) in [7, 11) is 0. The zero-order valence-corrected chi connectivity index (χ0v) is 22.5. The van der Waals surface area contributed by atoms with Crippen LogP contribution in [0.25, 0.3) is 33.5 Å². The van der Waals surface area contributed by atoms with Crippen LogP contribution in [0.4, 0.5) is 4.79 Å². The zero-order valence-electron chi connectivity index (χ0n) is 22.5. The number of nitrogens with zero attached hydrogens (tertiary/aromatic N) is 4. The number of unbranched alkanes of at least 4 members (excludes halogenated alkanes) is 1. The van der Waals surface area contributed by atoms with Gasteiger partial charge in [-0.05, 0) is 44.2 Å². The van der Waals surface area contributed by atoms with Gasteiger partial charge in [-0.3, -0.25) is 9.69 Å². The predicted molar refractivity (Wildman–Crippen MR) is 148 cm³/mol. The minimum atomic E-state index is -0.256. The largest absolute Gasteiger partial charge is 0.449 e. The maximum atomic E-state index is 12.6. The second-order valence-corrected chi connectivity index (χ2v) is 10.5. The molecule has 39 heavy (non-hydrogen) atoms. The average Bonchev–Trinajstić information content (AvgIpc) is 3.76. The quantitative estimate of drug-likeness (QED) is 0.265. The monoisotopic (exact) mass is 529 g/mol. The van der Waals surface area contributed by atoms with Gasteiger partial charge in [0.2, 0.25) is 5.91 Å². The molecule has 6 rings (SSSR count). The van der Waals surface area contributed by atoms with Gasteiger partial charge >= 0.3 is 6.09 Å². The van der Waals surface area contributed by atoms with E-state index in [0.29, 0.717) is 13.2 Å². The first-order valence-electron chi connectivity index (χ1n) is 14.0. The van der Waals surface area contributed by atoms with E-state index in [9.17, 15) is 9.59 Å². The van der Waals surface area contributed by atoms with E-state index in [2.05, 4.69) is 56.1 Å². The van der Waals surface area contributed by atoms with E-state index in [1.165, 1.54) is 0 Å². The lowest BCUT2D eigenvalue weighted by Crippen LogP contribution is -2.31. The summed E-state index contributed by atoms with van der Waals surface area (Å²) in [4.78, 5) is 47.9. The number of likely N-dealkylation sites (tertiary alicyclic amines) is 2. The predicted octanol–water partition coefficient (Wildman–Crippen LogP) is 5.71. The van der Waals surface area contributed by atoms with Crippen molar-refractivity contribution in [1.82, 2.24) is 34.7 Å². The first-order valence-corrected chi connectivity index (χ1v) is 14.0. The first-order chi connectivity index (χ1) is 19.0. The fourth-order valence-electron chi connectivity index (χ4n) is 5.82. The van der Waals surface area contributed by atoms with Gasteiger partial charge in [0.05, 0.1) is 48.2 Å². The number of aromatic nitrogens is 5. The van der Waals surface area contributed by atoms with Crippen LogP contribution in [0.15, 0.2) is 36.7 Å². The van der Waals surface area contributed by atoms with Gasteiger partial charge in [0.1, 0.15) is 11.6 Å². The number of H-pyrrole nitrogens is 3. The molecule has 0 saturated carbocycles. The smallest absolute Gasteiger partial charge is 0.410 e. The molecule has 2 fully saturated rings. The van der Waals surface area contributed by atoms with Crippen molar-refractivity contribution >= 4 is 22.9 Å². The summed E-state index contributed by atoms with van der Waals surface area (Å²) in [6.07, 6.45) is 9.00. The highest BCUT2D eigenvalue weighted by atomic mass is 16.6. The molecule has 5 heterocycles. The number of aromatic amines is 3. The highest BCUT2D eigenvalue weighted by molar-refractivity contribution is 5.88. The van der Waals surface area contributed by atoms with Crippen molar-refractivity contribution in [2.75, 3.05) is 19.7 Å². The van der Waals surface area contributed by atoms with Crippen molar-refractivity contribution in [2.24, 2.45) is 0 Å². The van der Waals surface area contributed by atoms with E-state index in [1.54, 1.807) is 11.8 Å². The Bertz CT molecular complexity index is 1480. The van der Waals surface area contributed by atoms with Gasteiger partial charge in [0.15, 0.2) is 0 Å². The number of carbonyl (C=O) groups excluding carboxylic acids is 2. The Hall–Kier alpha value is -4.08. The maximum Gasteiger partial charge on any atom is 0.410 e. The molecule has 2 saturated heterocycles. The van der Waals surface area contributed by atoms with E-state index < -0.39 is 0 Å². The molecule has 2 atom stereocenters. The lowest BCUT2D eigenvalue weighted by molar-refractivity contribution is -0.129. The fraction of sp³-hybridized carbons (Fsp3) is 0.448. The van der Waals surface area contributed by atoms with Crippen LogP contribution in [0.1, 0.15) is 76.1 Å². The summed E-state index contributed by atoms with van der Waals surface area (Å²) >= 11 is 0. The third kappa shape index (κ3) is 4.91. The Morgan fingerprint density at radius 2 is 1.62 bits per heavy atom. The number of hydrogen-bond acceptors (Lipinski definition) is 5. The Labute approximate surface area is 227 Å². The van der Waals surface area contributed by atoms with E-state index in [0.717, 1.165) is 90.3 Å². The standard InChI is InChI=1S/C29H35N7O3/c1-3-4-13-39-29(38)36-12-6-8-26(36)28-30-16-23(33-28)20-10-9-19-15-22(32-21(19)14-20)24-17-31-27(34-24)25-7-5-11-35(25)18(2)37/h9-10,14-17,25-26,32H,3-8,11-13H2,1-2H3,(H,30,33)(H,31,34). The molecule has 1 aromatic carbocycles. The second-order valence-electron chi connectivity index (χ2n) is 10.5. The second kappa shape index (κ2) is 10.6. The van der Waals surface area contributed by atoms with Crippen molar-refractivity contribution in [3.8, 4) is 22.6 Å². The SMILES string of the molecule is CCCCOC(=O)N1CCCC1c1ncc(-c2ccc3cc(-c4cnc(C5CCCN5C(C)=O)[nH]4)[nH]c3c2)[nH]1. The number of hydrogen-bond donors (Lipinski definition) is 3. The number of ether oxygens (including phenoxy) is 1. The van der Waals surface area contributed by atoms with Crippen LogP contribution in [0, 0.1) is 0 Å². The third-order valence-electron chi connectivity index (χ3n) is 7.91. The summed E-state index contributed by atoms with van der Waals surface area (Å²) in [6, 6.07) is 8.28. The molecule has 2 unspecified atom stereocenters. The van der Waals surface area contributed by atoms with Gasteiger partial charge < -0.3 is 24.6 Å². The molecule has 3 N–H and O–H groups in total. The maximum absolute atomic E-state index is 12.6. The van der Waals surface area contributed by atoms with Crippen LogP contribution in [0.5, 0.6) is 0 Å². The van der Waals surface area contributed by atoms with Crippen molar-refractivity contribution in [2.45, 2.75) is 64.5 Å². The van der Waals surface area contributed by atoms with Crippen molar-refractivity contribution in [3.63, 3.8) is 0 Å². The van der Waals surface area contributed by atoms with Crippen LogP contribution in [-0.2, 0) is 9.53 Å². The van der Waals surface area contributed by atoms with Gasteiger partial charge in [0.25, 0.3) is 0 Å². The highest BCUT2D eigenvalue weighted by Crippen LogP contribution is 2.34. The Kier molecular flexibility index (Phi) is 6.85. The molecular formula is C29H35N7O3. The van der Waals surface area contributed by atoms with Crippen LogP contribution in [0.2, 0.25) is 0 Å². The van der Waals surface area contributed by atoms with Gasteiger partial charge in [-0.1, -0.05) is 25.5 Å². The van der Waals surface area contributed by atoms with E-state index >= 15 is 0 Å². The van der Waals surface area contributed by atoms with Crippen molar-refractivity contribution in [3.05, 3.63) is 48.3 Å². The average molecular weight is 530 g/mol. The van der Waals surface area contributed by atoms with E-state index in [4.69, 9.17) is 4.74 Å². The van der Waals surface area contributed by atoms with Gasteiger partial charge in [0, 0.05) is 36.5 Å². The molecule has 2 amide bonds. The number of amides is 2. The van der Waals surface area contributed by atoms with Crippen molar-refractivity contribution in [1.29, 1.82) is 0 Å². The number of benzene rings is 1. The molecule has 0 spiro atoms. The van der Waals surface area contributed by atoms with Crippen LogP contribution in [-0.4, -0.2) is 66.4 Å². The number of imidazole rings is 2. The normalized spacial score (nSPS) is 19.3. The molecule has 2 aliphatic heterocycles. The summed E-state index contributed by atoms with van der Waals surface area (Å²) in [6.45, 7) is 5.62. The molecule has 4 aromatic rings. The van der Waals surface area contributed by atoms with Gasteiger partial charge in [-0.15, -0.1) is 0 Å². The number of fused-ring (bicyclic) bond motifs is 1. The Balaban J connectivity index is 1.19. The molecule has 10 heteroatoms. The first kappa shape index (κ1) is 25.2. The van der Waals surface area contributed by atoms with Gasteiger partial charge in [-0.25, -0.2) is 14.8 Å². The summed E-state index contributed by atoms with van der Waals surface area (Å²) in [5.41, 5.74) is 4.76.